The van der Waals surface area contributed by atoms with Crippen molar-refractivity contribution >= 4 is 5.91 Å². The molecule has 0 spiro atoms. The second kappa shape index (κ2) is 7.21. The van der Waals surface area contributed by atoms with E-state index in [9.17, 15) is 4.79 Å². The van der Waals surface area contributed by atoms with E-state index in [1.54, 1.807) is 31.5 Å². The van der Waals surface area contributed by atoms with E-state index < -0.39 is 0 Å². The summed E-state index contributed by atoms with van der Waals surface area (Å²) < 4.78 is 7.13. The predicted molar refractivity (Wildman–Crippen MR) is 96.7 cm³/mol. The van der Waals surface area contributed by atoms with E-state index in [0.29, 0.717) is 11.3 Å². The van der Waals surface area contributed by atoms with Crippen LogP contribution in [0.15, 0.2) is 60.9 Å². The van der Waals surface area contributed by atoms with Crippen LogP contribution in [0, 0.1) is 6.92 Å². The van der Waals surface area contributed by atoms with Gasteiger partial charge >= 0.3 is 0 Å². The molecule has 0 saturated heterocycles. The monoisotopic (exact) mass is 335 g/mol. The van der Waals surface area contributed by atoms with Crippen LogP contribution in [0.3, 0.4) is 0 Å². The van der Waals surface area contributed by atoms with Crippen LogP contribution < -0.4 is 10.1 Å². The zero-order chi connectivity index (χ0) is 17.8. The van der Waals surface area contributed by atoms with Crippen molar-refractivity contribution in [2.75, 3.05) is 7.11 Å². The molecule has 1 aromatic heterocycles. The van der Waals surface area contributed by atoms with Crippen molar-refractivity contribution in [1.82, 2.24) is 14.9 Å². The Morgan fingerprint density at radius 3 is 2.68 bits per heavy atom. The van der Waals surface area contributed by atoms with Gasteiger partial charge in [-0.25, -0.2) is 4.98 Å². The maximum atomic E-state index is 12.8. The second-order valence-corrected chi connectivity index (χ2v) is 5.89. The Morgan fingerprint density at radius 1 is 1.20 bits per heavy atom. The number of carbonyl (C=O) groups excluding carboxylic acids is 1. The van der Waals surface area contributed by atoms with Crippen molar-refractivity contribution in [3.8, 4) is 5.75 Å². The molecular formula is C20H21N3O2. The smallest absolute Gasteiger partial charge is 0.252 e. The molecule has 1 atom stereocenters. The van der Waals surface area contributed by atoms with Gasteiger partial charge in [-0.15, -0.1) is 0 Å². The third-order valence-electron chi connectivity index (χ3n) is 4.22. The summed E-state index contributed by atoms with van der Waals surface area (Å²) in [6.45, 7) is 2.03. The highest BCUT2D eigenvalue weighted by Crippen LogP contribution is 2.24. The molecule has 3 rings (SSSR count). The SMILES string of the molecule is COc1cccc(C(=O)NC(c2ccccc2C)c2nccn2C)c1. The van der Waals surface area contributed by atoms with Crippen LogP contribution in [0.4, 0.5) is 0 Å². The number of hydrogen-bond donors (Lipinski definition) is 1. The fourth-order valence-electron chi connectivity index (χ4n) is 2.83. The van der Waals surface area contributed by atoms with E-state index in [2.05, 4.69) is 10.3 Å². The van der Waals surface area contributed by atoms with Crippen LogP contribution in [0.2, 0.25) is 0 Å². The van der Waals surface area contributed by atoms with Gasteiger partial charge in [0.15, 0.2) is 0 Å². The maximum absolute atomic E-state index is 12.8. The number of rotatable bonds is 5. The first-order chi connectivity index (χ1) is 12.1. The van der Waals surface area contributed by atoms with Crippen molar-refractivity contribution in [2.45, 2.75) is 13.0 Å². The summed E-state index contributed by atoms with van der Waals surface area (Å²) in [4.78, 5) is 17.2. The molecule has 1 amide bonds. The Balaban J connectivity index is 1.97. The minimum absolute atomic E-state index is 0.171. The molecule has 0 aliphatic carbocycles. The molecule has 2 aromatic carbocycles. The summed E-state index contributed by atoms with van der Waals surface area (Å²) in [7, 11) is 3.51. The summed E-state index contributed by atoms with van der Waals surface area (Å²) in [6, 6.07) is 14.8. The number of nitrogens with zero attached hydrogens (tertiary/aromatic N) is 2. The average molecular weight is 335 g/mol. The van der Waals surface area contributed by atoms with Crippen LogP contribution >= 0.6 is 0 Å². The Kier molecular flexibility index (Phi) is 4.84. The van der Waals surface area contributed by atoms with E-state index in [0.717, 1.165) is 17.0 Å². The van der Waals surface area contributed by atoms with Crippen molar-refractivity contribution in [3.63, 3.8) is 0 Å². The van der Waals surface area contributed by atoms with Gasteiger partial charge in [-0.3, -0.25) is 4.79 Å². The van der Waals surface area contributed by atoms with Crippen molar-refractivity contribution in [1.29, 1.82) is 0 Å². The molecule has 128 valence electrons. The highest BCUT2D eigenvalue weighted by Gasteiger charge is 2.22. The molecular weight excluding hydrogens is 314 g/mol. The lowest BCUT2D eigenvalue weighted by atomic mass is 10.00. The lowest BCUT2D eigenvalue weighted by Gasteiger charge is -2.21. The van der Waals surface area contributed by atoms with Gasteiger partial charge in [-0.05, 0) is 36.2 Å². The Hall–Kier alpha value is -3.08. The molecule has 5 heteroatoms. The number of aryl methyl sites for hydroxylation is 2. The summed E-state index contributed by atoms with van der Waals surface area (Å²) >= 11 is 0. The molecule has 1 N–H and O–H groups in total. The second-order valence-electron chi connectivity index (χ2n) is 5.89. The Labute approximate surface area is 147 Å². The van der Waals surface area contributed by atoms with Gasteiger partial charge in [0.1, 0.15) is 17.6 Å². The van der Waals surface area contributed by atoms with Crippen molar-refractivity contribution in [2.24, 2.45) is 7.05 Å². The van der Waals surface area contributed by atoms with Crippen LogP contribution in [0.1, 0.15) is 33.4 Å². The van der Waals surface area contributed by atoms with Gasteiger partial charge in [-0.1, -0.05) is 30.3 Å². The lowest BCUT2D eigenvalue weighted by molar-refractivity contribution is 0.0940. The number of aromatic nitrogens is 2. The number of nitrogens with one attached hydrogen (secondary N) is 1. The number of methoxy groups -OCH3 is 1. The third kappa shape index (κ3) is 3.55. The average Bonchev–Trinajstić information content (AvgIpc) is 3.06. The maximum Gasteiger partial charge on any atom is 0.252 e. The third-order valence-corrected chi connectivity index (χ3v) is 4.22. The molecule has 0 bridgehead atoms. The number of hydrogen-bond acceptors (Lipinski definition) is 3. The van der Waals surface area contributed by atoms with E-state index in [1.165, 1.54) is 0 Å². The van der Waals surface area contributed by atoms with Gasteiger partial charge in [-0.2, -0.15) is 0 Å². The van der Waals surface area contributed by atoms with E-state index in [1.807, 2.05) is 55.1 Å². The largest absolute Gasteiger partial charge is 0.497 e. The van der Waals surface area contributed by atoms with E-state index >= 15 is 0 Å². The first-order valence-electron chi connectivity index (χ1n) is 8.08. The van der Waals surface area contributed by atoms with Crippen molar-refractivity contribution in [3.05, 3.63) is 83.4 Å². The lowest BCUT2D eigenvalue weighted by Crippen LogP contribution is -2.31. The Morgan fingerprint density at radius 2 is 2.00 bits per heavy atom. The van der Waals surface area contributed by atoms with Gasteiger partial charge in [0.25, 0.3) is 5.91 Å². The summed E-state index contributed by atoms with van der Waals surface area (Å²) in [5.74, 6) is 1.26. The fraction of sp³-hybridized carbons (Fsp3) is 0.200. The van der Waals surface area contributed by atoms with Crippen LogP contribution in [-0.4, -0.2) is 22.6 Å². The Bertz CT molecular complexity index is 886. The molecule has 0 saturated carbocycles. The zero-order valence-electron chi connectivity index (χ0n) is 14.6. The number of amides is 1. The molecule has 0 aliphatic rings. The van der Waals surface area contributed by atoms with Crippen LogP contribution in [0.25, 0.3) is 0 Å². The van der Waals surface area contributed by atoms with Gasteiger partial charge < -0.3 is 14.6 Å². The molecule has 0 fully saturated rings. The molecule has 0 aliphatic heterocycles. The first-order valence-corrected chi connectivity index (χ1v) is 8.08. The topological polar surface area (TPSA) is 56.1 Å². The summed E-state index contributed by atoms with van der Waals surface area (Å²) in [5.41, 5.74) is 2.67. The normalized spacial score (nSPS) is 11.8. The van der Waals surface area contributed by atoms with Gasteiger partial charge in [0.05, 0.1) is 7.11 Å². The highest BCUT2D eigenvalue weighted by atomic mass is 16.5. The summed E-state index contributed by atoms with van der Waals surface area (Å²) in [5, 5.41) is 3.11. The summed E-state index contributed by atoms with van der Waals surface area (Å²) in [6.07, 6.45) is 3.61. The standard InChI is InChI=1S/C20H21N3O2/c1-14-7-4-5-10-17(14)18(19-21-11-12-23(19)2)22-20(24)15-8-6-9-16(13-15)25-3/h4-13,18H,1-3H3,(H,22,24). The first kappa shape index (κ1) is 16.8. The molecule has 3 aromatic rings. The molecule has 1 heterocycles. The number of benzene rings is 2. The zero-order valence-corrected chi connectivity index (χ0v) is 14.6. The minimum Gasteiger partial charge on any atom is -0.497 e. The van der Waals surface area contributed by atoms with Crippen LogP contribution in [-0.2, 0) is 7.05 Å². The number of imidazole rings is 1. The van der Waals surface area contributed by atoms with E-state index in [-0.39, 0.29) is 11.9 Å². The molecule has 25 heavy (non-hydrogen) atoms. The molecule has 0 radical (unpaired) electrons. The van der Waals surface area contributed by atoms with Crippen LogP contribution in [0.5, 0.6) is 5.75 Å². The molecule has 5 nitrogen and oxygen atoms in total. The van der Waals surface area contributed by atoms with Gasteiger partial charge in [0.2, 0.25) is 0 Å². The number of ether oxygens (including phenoxy) is 1. The fourth-order valence-corrected chi connectivity index (χ4v) is 2.83. The minimum atomic E-state index is -0.333. The van der Waals surface area contributed by atoms with E-state index in [4.69, 9.17) is 4.74 Å². The van der Waals surface area contributed by atoms with Gasteiger partial charge in [0, 0.05) is 25.0 Å². The quantitative estimate of drug-likeness (QED) is 0.779. The van der Waals surface area contributed by atoms with Crippen molar-refractivity contribution < 1.29 is 9.53 Å². The number of carbonyl (C=O) groups is 1. The highest BCUT2D eigenvalue weighted by molar-refractivity contribution is 5.95. The molecule has 1 unspecified atom stereocenters. The predicted octanol–water partition coefficient (Wildman–Crippen LogP) is 3.26.